The normalized spacial score (nSPS) is 11.6. The number of hydrogen-bond acceptors (Lipinski definition) is 3. The van der Waals surface area contributed by atoms with Crippen LogP contribution in [0.3, 0.4) is 0 Å². The van der Waals surface area contributed by atoms with Crippen molar-refractivity contribution >= 4 is 17.5 Å². The summed E-state index contributed by atoms with van der Waals surface area (Å²) in [5, 5.41) is 5.95. The summed E-state index contributed by atoms with van der Waals surface area (Å²) in [6.45, 7) is 0.368. The first-order valence-electron chi connectivity index (χ1n) is 10.2. The first-order chi connectivity index (χ1) is 15.0. The maximum absolute atomic E-state index is 12.7. The van der Waals surface area contributed by atoms with Crippen molar-refractivity contribution in [3.8, 4) is 5.75 Å². The van der Waals surface area contributed by atoms with Gasteiger partial charge in [0.25, 0.3) is 11.8 Å². The molecule has 1 unspecified atom stereocenters. The van der Waals surface area contributed by atoms with Crippen molar-refractivity contribution in [3.63, 3.8) is 0 Å². The standard InChI is InChI=1S/C25H27N3O3/c1-28(17-23(29)26-21-13-15-22(31-2)16-14-21)18-24(30)27-25(19-9-5-3-6-10-19)20-11-7-4-8-12-20/h3-16,25H,17-18H2,1-2H3,(H,26,29)(H,27,30)/p+1. The number of anilines is 1. The molecule has 0 saturated carbocycles. The zero-order valence-electron chi connectivity index (χ0n) is 17.8. The number of hydrogen-bond donors (Lipinski definition) is 3. The van der Waals surface area contributed by atoms with Gasteiger partial charge in [0, 0.05) is 5.69 Å². The van der Waals surface area contributed by atoms with Gasteiger partial charge in [-0.1, -0.05) is 60.7 Å². The largest absolute Gasteiger partial charge is 0.497 e. The van der Waals surface area contributed by atoms with E-state index in [1.807, 2.05) is 67.7 Å². The third-order valence-electron chi connectivity index (χ3n) is 4.87. The topological polar surface area (TPSA) is 71.9 Å². The first kappa shape index (κ1) is 22.1. The number of benzene rings is 3. The van der Waals surface area contributed by atoms with Gasteiger partial charge in [0.2, 0.25) is 0 Å². The molecule has 3 N–H and O–H groups in total. The number of rotatable bonds is 9. The number of amides is 2. The Hall–Kier alpha value is -3.64. The molecule has 3 rings (SSSR count). The second kappa shape index (κ2) is 10.9. The highest BCUT2D eigenvalue weighted by Gasteiger charge is 2.20. The number of likely N-dealkylation sites (N-methyl/N-ethyl adjacent to an activating group) is 1. The van der Waals surface area contributed by atoms with E-state index in [0.717, 1.165) is 21.8 Å². The lowest BCUT2D eigenvalue weighted by Crippen LogP contribution is -3.11. The Bertz CT molecular complexity index is 936. The van der Waals surface area contributed by atoms with E-state index < -0.39 is 0 Å². The van der Waals surface area contributed by atoms with Gasteiger partial charge in [-0.2, -0.15) is 0 Å². The predicted molar refractivity (Wildman–Crippen MR) is 121 cm³/mol. The maximum atomic E-state index is 12.7. The van der Waals surface area contributed by atoms with Crippen molar-refractivity contribution in [1.82, 2.24) is 5.32 Å². The lowest BCUT2D eigenvalue weighted by molar-refractivity contribution is -0.862. The van der Waals surface area contributed by atoms with Gasteiger partial charge >= 0.3 is 0 Å². The Kier molecular flexibility index (Phi) is 7.79. The molecule has 3 aromatic carbocycles. The minimum atomic E-state index is -0.240. The summed E-state index contributed by atoms with van der Waals surface area (Å²) >= 11 is 0. The fraction of sp³-hybridized carbons (Fsp3) is 0.200. The van der Waals surface area contributed by atoms with E-state index in [4.69, 9.17) is 4.74 Å². The van der Waals surface area contributed by atoms with Crippen LogP contribution in [0.5, 0.6) is 5.75 Å². The smallest absolute Gasteiger partial charge is 0.279 e. The summed E-state index contributed by atoms with van der Waals surface area (Å²) in [4.78, 5) is 25.9. The number of nitrogens with one attached hydrogen (secondary N) is 3. The zero-order chi connectivity index (χ0) is 22.1. The average Bonchev–Trinajstić information content (AvgIpc) is 2.79. The summed E-state index contributed by atoms with van der Waals surface area (Å²) in [6.07, 6.45) is 0. The highest BCUT2D eigenvalue weighted by atomic mass is 16.5. The number of ether oxygens (including phenoxy) is 1. The molecule has 1 atom stereocenters. The third-order valence-corrected chi connectivity index (χ3v) is 4.87. The van der Waals surface area contributed by atoms with Crippen LogP contribution in [-0.2, 0) is 9.59 Å². The second-order valence-corrected chi connectivity index (χ2v) is 7.41. The van der Waals surface area contributed by atoms with E-state index in [1.165, 1.54) is 0 Å². The van der Waals surface area contributed by atoms with E-state index in [1.54, 1.807) is 31.4 Å². The van der Waals surface area contributed by atoms with E-state index in [2.05, 4.69) is 10.6 Å². The average molecular weight is 419 g/mol. The van der Waals surface area contributed by atoms with Gasteiger partial charge in [-0.3, -0.25) is 9.59 Å². The second-order valence-electron chi connectivity index (χ2n) is 7.41. The highest BCUT2D eigenvalue weighted by molar-refractivity contribution is 5.91. The lowest BCUT2D eigenvalue weighted by atomic mass is 9.99. The molecule has 160 valence electrons. The van der Waals surface area contributed by atoms with Crippen LogP contribution in [0.2, 0.25) is 0 Å². The van der Waals surface area contributed by atoms with Gasteiger partial charge in [0.15, 0.2) is 13.1 Å². The quantitative estimate of drug-likeness (QED) is 0.498. The number of carbonyl (C=O) groups is 2. The molecule has 0 radical (unpaired) electrons. The Labute approximate surface area is 182 Å². The van der Waals surface area contributed by atoms with Crippen LogP contribution in [0.25, 0.3) is 0 Å². The molecule has 0 aliphatic carbocycles. The molecule has 0 saturated heterocycles. The van der Waals surface area contributed by atoms with Crippen LogP contribution < -0.4 is 20.3 Å². The van der Waals surface area contributed by atoms with E-state index in [-0.39, 0.29) is 30.9 Å². The number of carbonyl (C=O) groups excluding carboxylic acids is 2. The zero-order valence-corrected chi connectivity index (χ0v) is 17.8. The molecule has 31 heavy (non-hydrogen) atoms. The molecule has 6 nitrogen and oxygen atoms in total. The molecule has 3 aromatic rings. The van der Waals surface area contributed by atoms with Crippen molar-refractivity contribution in [1.29, 1.82) is 0 Å². The summed E-state index contributed by atoms with van der Waals surface area (Å²) in [6, 6.07) is 26.6. The summed E-state index contributed by atoms with van der Waals surface area (Å²) in [7, 11) is 3.42. The predicted octanol–water partition coefficient (Wildman–Crippen LogP) is 2.05. The molecule has 6 heteroatoms. The number of methoxy groups -OCH3 is 1. The third kappa shape index (κ3) is 6.69. The van der Waals surface area contributed by atoms with Gasteiger partial charge in [0.1, 0.15) is 5.75 Å². The van der Waals surface area contributed by atoms with Crippen molar-refractivity contribution in [2.45, 2.75) is 6.04 Å². The fourth-order valence-corrected chi connectivity index (χ4v) is 3.35. The Morgan fingerprint density at radius 1 is 0.806 bits per heavy atom. The number of quaternary nitrogens is 1. The van der Waals surface area contributed by atoms with Gasteiger partial charge in [-0.05, 0) is 35.4 Å². The van der Waals surface area contributed by atoms with Crippen LogP contribution in [0.1, 0.15) is 17.2 Å². The summed E-state index contributed by atoms with van der Waals surface area (Å²) < 4.78 is 5.12. The van der Waals surface area contributed by atoms with E-state index >= 15 is 0 Å². The Balaban J connectivity index is 1.56. The monoisotopic (exact) mass is 418 g/mol. The minimum Gasteiger partial charge on any atom is -0.497 e. The van der Waals surface area contributed by atoms with Crippen LogP contribution in [-0.4, -0.2) is 39.1 Å². The summed E-state index contributed by atoms with van der Waals surface area (Å²) in [5.74, 6) is 0.453. The van der Waals surface area contributed by atoms with Crippen molar-refractivity contribution in [3.05, 3.63) is 96.1 Å². The van der Waals surface area contributed by atoms with Gasteiger partial charge in [0.05, 0.1) is 20.2 Å². The SMILES string of the molecule is COc1ccc(NC(=O)C[NH+](C)CC(=O)NC(c2ccccc2)c2ccccc2)cc1. The van der Waals surface area contributed by atoms with Crippen molar-refractivity contribution < 1.29 is 19.2 Å². The molecule has 0 fully saturated rings. The Morgan fingerprint density at radius 2 is 1.32 bits per heavy atom. The molecule has 0 aromatic heterocycles. The van der Waals surface area contributed by atoms with Gasteiger partial charge in [-0.15, -0.1) is 0 Å². The molecule has 0 aliphatic heterocycles. The summed E-state index contributed by atoms with van der Waals surface area (Å²) in [5.41, 5.74) is 2.71. The first-order valence-corrected chi connectivity index (χ1v) is 10.2. The Morgan fingerprint density at radius 3 is 1.84 bits per heavy atom. The molecule has 0 bridgehead atoms. The molecule has 2 amide bonds. The minimum absolute atomic E-state index is 0.118. The maximum Gasteiger partial charge on any atom is 0.279 e. The molecule has 0 spiro atoms. The van der Waals surface area contributed by atoms with Gasteiger partial charge < -0.3 is 20.3 Å². The van der Waals surface area contributed by atoms with Crippen molar-refractivity contribution in [2.75, 3.05) is 32.6 Å². The molecule has 0 aliphatic rings. The van der Waals surface area contributed by atoms with E-state index in [9.17, 15) is 9.59 Å². The van der Waals surface area contributed by atoms with E-state index in [0.29, 0.717) is 5.69 Å². The van der Waals surface area contributed by atoms with Crippen LogP contribution in [0, 0.1) is 0 Å². The van der Waals surface area contributed by atoms with Crippen LogP contribution in [0.4, 0.5) is 5.69 Å². The molecular weight excluding hydrogens is 390 g/mol. The van der Waals surface area contributed by atoms with Gasteiger partial charge in [-0.25, -0.2) is 0 Å². The van der Waals surface area contributed by atoms with Crippen LogP contribution in [0.15, 0.2) is 84.9 Å². The van der Waals surface area contributed by atoms with Crippen LogP contribution >= 0.6 is 0 Å². The molecular formula is C25H28N3O3+. The molecule has 0 heterocycles. The highest BCUT2D eigenvalue weighted by Crippen LogP contribution is 2.21. The fourth-order valence-electron chi connectivity index (χ4n) is 3.35. The lowest BCUT2D eigenvalue weighted by Gasteiger charge is -2.21. The van der Waals surface area contributed by atoms with Crippen molar-refractivity contribution in [2.24, 2.45) is 0 Å².